The first-order valence-corrected chi connectivity index (χ1v) is 10.3. The summed E-state index contributed by atoms with van der Waals surface area (Å²) in [5, 5.41) is 10.3. The van der Waals surface area contributed by atoms with E-state index in [0.29, 0.717) is 0 Å². The number of benzene rings is 1. The Morgan fingerprint density at radius 3 is 2.06 bits per heavy atom. The lowest BCUT2D eigenvalue weighted by atomic mass is 10.0. The molecule has 0 radical (unpaired) electrons. The standard InChI is InChI=1S/C22H34N4O5/c1-14(2)24-19(28)15(3)25-20(29)17(12-16-10-8-7-9-11-16)26-18(27)13-23-21(30)31-22(4,5)6/h7-11,14-15,17H,12-13H2,1-6H3,(H,23,30)(H,24,28)(H,25,29)(H,26,27)/t15-,17-/m0/s1. The Labute approximate surface area is 183 Å². The van der Waals surface area contributed by atoms with Crippen molar-refractivity contribution >= 4 is 23.8 Å². The first-order chi connectivity index (χ1) is 14.4. The van der Waals surface area contributed by atoms with Crippen LogP contribution >= 0.6 is 0 Å². The number of nitrogens with one attached hydrogen (secondary N) is 4. The van der Waals surface area contributed by atoms with Gasteiger partial charge in [0.1, 0.15) is 24.2 Å². The van der Waals surface area contributed by atoms with Crippen molar-refractivity contribution < 1.29 is 23.9 Å². The van der Waals surface area contributed by atoms with Crippen molar-refractivity contribution in [2.75, 3.05) is 6.54 Å². The maximum atomic E-state index is 12.8. The van der Waals surface area contributed by atoms with Crippen LogP contribution in [0.25, 0.3) is 0 Å². The van der Waals surface area contributed by atoms with Gasteiger partial charge in [0, 0.05) is 12.5 Å². The number of carbonyl (C=O) groups excluding carboxylic acids is 4. The SMILES string of the molecule is CC(C)NC(=O)[C@H](C)NC(=O)[C@H](Cc1ccccc1)NC(=O)CNC(=O)OC(C)(C)C. The molecule has 9 heteroatoms. The average Bonchev–Trinajstić information content (AvgIpc) is 2.64. The van der Waals surface area contributed by atoms with Crippen molar-refractivity contribution in [3.05, 3.63) is 35.9 Å². The molecule has 9 nitrogen and oxygen atoms in total. The highest BCUT2D eigenvalue weighted by atomic mass is 16.6. The molecule has 0 aliphatic carbocycles. The summed E-state index contributed by atoms with van der Waals surface area (Å²) in [6.45, 7) is 10.00. The third-order valence-electron chi connectivity index (χ3n) is 3.91. The Hall–Kier alpha value is -3.10. The van der Waals surface area contributed by atoms with Crippen LogP contribution in [0.1, 0.15) is 47.1 Å². The molecule has 0 spiro atoms. The van der Waals surface area contributed by atoms with E-state index in [1.54, 1.807) is 27.7 Å². The van der Waals surface area contributed by atoms with Crippen molar-refractivity contribution in [3.63, 3.8) is 0 Å². The third kappa shape index (κ3) is 11.0. The fourth-order valence-corrected chi connectivity index (χ4v) is 2.56. The second-order valence-electron chi connectivity index (χ2n) is 8.56. The van der Waals surface area contributed by atoms with Crippen molar-refractivity contribution in [3.8, 4) is 0 Å². The van der Waals surface area contributed by atoms with E-state index in [1.165, 1.54) is 0 Å². The summed E-state index contributed by atoms with van der Waals surface area (Å²) in [6.07, 6.45) is -0.505. The van der Waals surface area contributed by atoms with E-state index in [-0.39, 0.29) is 24.9 Å². The van der Waals surface area contributed by atoms with Gasteiger partial charge in [-0.05, 0) is 47.1 Å². The summed E-state index contributed by atoms with van der Waals surface area (Å²) in [5.74, 6) is -1.37. The smallest absolute Gasteiger partial charge is 0.408 e. The molecule has 2 atom stereocenters. The summed E-state index contributed by atoms with van der Waals surface area (Å²) in [4.78, 5) is 49.0. The van der Waals surface area contributed by atoms with E-state index in [4.69, 9.17) is 4.74 Å². The molecule has 1 aromatic rings. The number of ether oxygens (including phenoxy) is 1. The van der Waals surface area contributed by atoms with Gasteiger partial charge in [0.15, 0.2) is 0 Å². The minimum absolute atomic E-state index is 0.0643. The number of hydrogen-bond donors (Lipinski definition) is 4. The van der Waals surface area contributed by atoms with Crippen molar-refractivity contribution in [2.45, 2.75) is 71.7 Å². The molecular formula is C22H34N4O5. The Kier molecular flexibility index (Phi) is 9.98. The molecule has 0 aliphatic rings. The second kappa shape index (κ2) is 11.9. The number of hydrogen-bond acceptors (Lipinski definition) is 5. The highest BCUT2D eigenvalue weighted by molar-refractivity contribution is 5.92. The van der Waals surface area contributed by atoms with Crippen LogP contribution in [0.4, 0.5) is 4.79 Å². The normalized spacial score (nSPS) is 13.0. The van der Waals surface area contributed by atoms with E-state index in [0.717, 1.165) is 5.56 Å². The van der Waals surface area contributed by atoms with Gasteiger partial charge in [-0.2, -0.15) is 0 Å². The third-order valence-corrected chi connectivity index (χ3v) is 3.91. The van der Waals surface area contributed by atoms with Crippen LogP contribution in [0.3, 0.4) is 0 Å². The molecule has 0 bridgehead atoms. The molecule has 0 unspecified atom stereocenters. The molecule has 0 fully saturated rings. The Bertz CT molecular complexity index is 759. The minimum atomic E-state index is -0.926. The Morgan fingerprint density at radius 2 is 1.52 bits per heavy atom. The van der Waals surface area contributed by atoms with E-state index < -0.39 is 35.6 Å². The lowest BCUT2D eigenvalue weighted by molar-refractivity contribution is -0.131. The van der Waals surface area contributed by atoms with Crippen LogP contribution in [-0.2, 0) is 25.5 Å². The van der Waals surface area contributed by atoms with E-state index in [9.17, 15) is 19.2 Å². The van der Waals surface area contributed by atoms with Gasteiger partial charge in [-0.15, -0.1) is 0 Å². The first-order valence-electron chi connectivity index (χ1n) is 10.3. The average molecular weight is 435 g/mol. The first kappa shape index (κ1) is 25.9. The van der Waals surface area contributed by atoms with Gasteiger partial charge in [0.05, 0.1) is 0 Å². The quantitative estimate of drug-likeness (QED) is 0.466. The maximum absolute atomic E-state index is 12.8. The molecule has 1 aromatic carbocycles. The molecule has 0 aromatic heterocycles. The molecule has 0 saturated heterocycles. The lowest BCUT2D eigenvalue weighted by Gasteiger charge is -2.22. The molecule has 4 N–H and O–H groups in total. The van der Waals surface area contributed by atoms with Crippen LogP contribution in [-0.4, -0.2) is 54.1 Å². The molecule has 0 saturated carbocycles. The van der Waals surface area contributed by atoms with Crippen molar-refractivity contribution in [1.29, 1.82) is 0 Å². The summed E-state index contributed by atoms with van der Waals surface area (Å²) in [6, 6.07) is 7.41. The van der Waals surface area contributed by atoms with Crippen LogP contribution in [0.2, 0.25) is 0 Å². The van der Waals surface area contributed by atoms with E-state index in [2.05, 4.69) is 21.3 Å². The monoisotopic (exact) mass is 434 g/mol. The number of amides is 4. The molecule has 172 valence electrons. The number of alkyl carbamates (subject to hydrolysis) is 1. The largest absolute Gasteiger partial charge is 0.444 e. The molecule has 1 rings (SSSR count). The zero-order chi connectivity index (χ0) is 23.6. The van der Waals surface area contributed by atoms with E-state index >= 15 is 0 Å². The van der Waals surface area contributed by atoms with Gasteiger partial charge < -0.3 is 26.0 Å². The van der Waals surface area contributed by atoms with Gasteiger partial charge in [-0.3, -0.25) is 14.4 Å². The number of carbonyl (C=O) groups is 4. The predicted octanol–water partition coefficient (Wildman–Crippen LogP) is 1.27. The molecule has 0 heterocycles. The Morgan fingerprint density at radius 1 is 0.903 bits per heavy atom. The van der Waals surface area contributed by atoms with Gasteiger partial charge in [-0.25, -0.2) is 4.79 Å². The summed E-state index contributed by atoms with van der Waals surface area (Å²) in [7, 11) is 0. The summed E-state index contributed by atoms with van der Waals surface area (Å²) < 4.78 is 5.09. The summed E-state index contributed by atoms with van der Waals surface area (Å²) in [5.41, 5.74) is 0.144. The highest BCUT2D eigenvalue weighted by Crippen LogP contribution is 2.06. The van der Waals surface area contributed by atoms with Crippen LogP contribution in [0, 0.1) is 0 Å². The van der Waals surface area contributed by atoms with Gasteiger partial charge in [0.25, 0.3) is 0 Å². The van der Waals surface area contributed by atoms with Gasteiger partial charge in [0.2, 0.25) is 17.7 Å². The van der Waals surface area contributed by atoms with Crippen LogP contribution in [0.15, 0.2) is 30.3 Å². The topological polar surface area (TPSA) is 126 Å². The molecular weight excluding hydrogens is 400 g/mol. The van der Waals surface area contributed by atoms with Gasteiger partial charge >= 0.3 is 6.09 Å². The van der Waals surface area contributed by atoms with Crippen molar-refractivity contribution in [2.24, 2.45) is 0 Å². The molecule has 31 heavy (non-hydrogen) atoms. The minimum Gasteiger partial charge on any atom is -0.444 e. The zero-order valence-corrected chi connectivity index (χ0v) is 19.1. The maximum Gasteiger partial charge on any atom is 0.408 e. The predicted molar refractivity (Wildman–Crippen MR) is 117 cm³/mol. The number of rotatable bonds is 9. The fraction of sp³-hybridized carbons (Fsp3) is 0.545. The molecule has 4 amide bonds. The Balaban J connectivity index is 2.77. The van der Waals surface area contributed by atoms with Crippen molar-refractivity contribution in [1.82, 2.24) is 21.3 Å². The fourth-order valence-electron chi connectivity index (χ4n) is 2.56. The second-order valence-corrected chi connectivity index (χ2v) is 8.56. The zero-order valence-electron chi connectivity index (χ0n) is 19.1. The van der Waals surface area contributed by atoms with Crippen LogP contribution in [0.5, 0.6) is 0 Å². The van der Waals surface area contributed by atoms with Crippen LogP contribution < -0.4 is 21.3 Å². The van der Waals surface area contributed by atoms with Gasteiger partial charge in [-0.1, -0.05) is 30.3 Å². The molecule has 0 aliphatic heterocycles. The summed E-state index contributed by atoms with van der Waals surface area (Å²) >= 11 is 0. The highest BCUT2D eigenvalue weighted by Gasteiger charge is 2.25. The lowest BCUT2D eigenvalue weighted by Crippen LogP contribution is -2.55. The van der Waals surface area contributed by atoms with E-state index in [1.807, 2.05) is 44.2 Å².